The minimum absolute atomic E-state index is 0.0150. The van der Waals surface area contributed by atoms with E-state index in [1.54, 1.807) is 6.08 Å². The molecule has 0 fully saturated rings. The van der Waals surface area contributed by atoms with Gasteiger partial charge in [0.2, 0.25) is 0 Å². The molecule has 0 aliphatic heterocycles. The van der Waals surface area contributed by atoms with Gasteiger partial charge in [0.15, 0.2) is 11.5 Å². The number of hydrogen-bond acceptors (Lipinski definition) is 3. The number of allylic oxidation sites excluding steroid dienone is 1. The predicted octanol–water partition coefficient (Wildman–Crippen LogP) is 0.723. The summed E-state index contributed by atoms with van der Waals surface area (Å²) in [6, 6.07) is 0. The standard InChI is InChI=1S/C7H10O3/c1-10-7-5(8)3-2-4-6(7)9/h2-3,6,8-9H,4H2,1H3. The molecule has 0 saturated heterocycles. The molecular weight excluding hydrogens is 132 g/mol. The maximum Gasteiger partial charge on any atom is 0.166 e. The highest BCUT2D eigenvalue weighted by molar-refractivity contribution is 5.22. The normalized spacial score (nSPS) is 25.2. The molecule has 0 spiro atoms. The number of aliphatic hydroxyl groups is 2. The molecule has 56 valence electrons. The van der Waals surface area contributed by atoms with Crippen LogP contribution >= 0.6 is 0 Å². The molecule has 1 unspecified atom stereocenters. The Balaban J connectivity index is 2.83. The van der Waals surface area contributed by atoms with Gasteiger partial charge >= 0.3 is 0 Å². The number of hydrogen-bond donors (Lipinski definition) is 2. The van der Waals surface area contributed by atoms with Crippen LogP contribution < -0.4 is 0 Å². The Hall–Kier alpha value is -0.960. The second-order valence-electron chi connectivity index (χ2n) is 2.11. The fourth-order valence-corrected chi connectivity index (χ4v) is 0.909. The van der Waals surface area contributed by atoms with Crippen LogP contribution in [0, 0.1) is 0 Å². The molecule has 0 saturated carbocycles. The summed E-state index contributed by atoms with van der Waals surface area (Å²) in [7, 11) is 1.42. The molecule has 0 amide bonds. The first-order valence-corrected chi connectivity index (χ1v) is 3.07. The van der Waals surface area contributed by atoms with Crippen molar-refractivity contribution in [3.8, 4) is 0 Å². The summed E-state index contributed by atoms with van der Waals surface area (Å²) in [6.45, 7) is 0. The Bertz CT molecular complexity index is 181. The van der Waals surface area contributed by atoms with Crippen molar-refractivity contribution in [3.63, 3.8) is 0 Å². The molecule has 0 radical (unpaired) electrons. The lowest BCUT2D eigenvalue weighted by Gasteiger charge is -2.15. The third kappa shape index (κ3) is 1.14. The Morgan fingerprint density at radius 3 is 2.80 bits per heavy atom. The fourth-order valence-electron chi connectivity index (χ4n) is 0.909. The van der Waals surface area contributed by atoms with Crippen molar-refractivity contribution >= 4 is 0 Å². The van der Waals surface area contributed by atoms with Crippen LogP contribution in [0.3, 0.4) is 0 Å². The van der Waals surface area contributed by atoms with Gasteiger partial charge in [0.05, 0.1) is 7.11 Å². The van der Waals surface area contributed by atoms with Crippen molar-refractivity contribution in [1.82, 2.24) is 0 Å². The van der Waals surface area contributed by atoms with Gasteiger partial charge < -0.3 is 14.9 Å². The fraction of sp³-hybridized carbons (Fsp3) is 0.429. The lowest BCUT2D eigenvalue weighted by molar-refractivity contribution is 0.115. The highest BCUT2D eigenvalue weighted by Crippen LogP contribution is 2.17. The van der Waals surface area contributed by atoms with Crippen molar-refractivity contribution in [2.75, 3.05) is 7.11 Å². The molecule has 0 heterocycles. The van der Waals surface area contributed by atoms with Crippen LogP contribution in [0.4, 0.5) is 0 Å². The van der Waals surface area contributed by atoms with Crippen LogP contribution in [-0.4, -0.2) is 23.4 Å². The van der Waals surface area contributed by atoms with Crippen LogP contribution in [0.25, 0.3) is 0 Å². The predicted molar refractivity (Wildman–Crippen MR) is 36.4 cm³/mol. The lowest BCUT2D eigenvalue weighted by Crippen LogP contribution is -2.15. The maximum absolute atomic E-state index is 9.15. The number of aliphatic hydroxyl groups excluding tert-OH is 2. The first kappa shape index (κ1) is 7.15. The van der Waals surface area contributed by atoms with Crippen molar-refractivity contribution in [2.45, 2.75) is 12.5 Å². The van der Waals surface area contributed by atoms with E-state index in [2.05, 4.69) is 0 Å². The molecule has 0 aromatic carbocycles. The third-order valence-electron chi connectivity index (χ3n) is 1.41. The van der Waals surface area contributed by atoms with Gasteiger partial charge in [0.1, 0.15) is 6.10 Å². The van der Waals surface area contributed by atoms with Gasteiger partial charge in [-0.2, -0.15) is 0 Å². The van der Waals surface area contributed by atoms with Crippen LogP contribution in [-0.2, 0) is 4.74 Å². The van der Waals surface area contributed by atoms with Crippen molar-refractivity contribution < 1.29 is 14.9 Å². The monoisotopic (exact) mass is 142 g/mol. The van der Waals surface area contributed by atoms with Crippen molar-refractivity contribution in [2.24, 2.45) is 0 Å². The number of methoxy groups -OCH3 is 1. The first-order chi connectivity index (χ1) is 4.75. The van der Waals surface area contributed by atoms with Crippen molar-refractivity contribution in [3.05, 3.63) is 23.7 Å². The summed E-state index contributed by atoms with van der Waals surface area (Å²) in [5, 5.41) is 18.2. The summed E-state index contributed by atoms with van der Waals surface area (Å²) in [6.07, 6.45) is 3.04. The summed E-state index contributed by atoms with van der Waals surface area (Å²) in [5.41, 5.74) is 0. The maximum atomic E-state index is 9.15. The van der Waals surface area contributed by atoms with Gasteiger partial charge in [-0.3, -0.25) is 0 Å². The largest absolute Gasteiger partial charge is 0.504 e. The summed E-state index contributed by atoms with van der Waals surface area (Å²) in [4.78, 5) is 0. The minimum Gasteiger partial charge on any atom is -0.504 e. The summed E-state index contributed by atoms with van der Waals surface area (Å²) >= 11 is 0. The van der Waals surface area contributed by atoms with Crippen LogP contribution in [0.15, 0.2) is 23.7 Å². The van der Waals surface area contributed by atoms with E-state index < -0.39 is 6.10 Å². The molecule has 0 aromatic heterocycles. The Labute approximate surface area is 59.2 Å². The quantitative estimate of drug-likeness (QED) is 0.567. The van der Waals surface area contributed by atoms with Gasteiger partial charge in [-0.25, -0.2) is 0 Å². The zero-order valence-electron chi connectivity index (χ0n) is 5.74. The second kappa shape index (κ2) is 2.75. The molecular formula is C7H10O3. The van der Waals surface area contributed by atoms with E-state index in [1.807, 2.05) is 0 Å². The molecule has 1 atom stereocenters. The second-order valence-corrected chi connectivity index (χ2v) is 2.11. The SMILES string of the molecule is COC1=C(O)C=CCC1O. The molecule has 2 N–H and O–H groups in total. The topological polar surface area (TPSA) is 49.7 Å². The van der Waals surface area contributed by atoms with E-state index in [1.165, 1.54) is 13.2 Å². The van der Waals surface area contributed by atoms with Crippen LogP contribution in [0.2, 0.25) is 0 Å². The summed E-state index contributed by atoms with van der Waals surface area (Å²) < 4.78 is 4.74. The van der Waals surface area contributed by atoms with Gasteiger partial charge in [-0.15, -0.1) is 0 Å². The molecule has 3 nitrogen and oxygen atoms in total. The molecule has 10 heavy (non-hydrogen) atoms. The molecule has 1 aliphatic carbocycles. The zero-order valence-corrected chi connectivity index (χ0v) is 5.74. The van der Waals surface area contributed by atoms with E-state index in [0.717, 1.165) is 0 Å². The highest BCUT2D eigenvalue weighted by Gasteiger charge is 2.17. The Morgan fingerprint density at radius 2 is 2.40 bits per heavy atom. The van der Waals surface area contributed by atoms with Gasteiger partial charge in [0, 0.05) is 0 Å². The van der Waals surface area contributed by atoms with Gasteiger partial charge in [0.25, 0.3) is 0 Å². The first-order valence-electron chi connectivity index (χ1n) is 3.07. The van der Waals surface area contributed by atoms with E-state index in [9.17, 15) is 0 Å². The molecule has 1 aliphatic rings. The van der Waals surface area contributed by atoms with Gasteiger partial charge in [-0.1, -0.05) is 6.08 Å². The molecule has 1 rings (SSSR count). The van der Waals surface area contributed by atoms with E-state index in [4.69, 9.17) is 14.9 Å². The highest BCUT2D eigenvalue weighted by atomic mass is 16.5. The van der Waals surface area contributed by atoms with E-state index in [0.29, 0.717) is 6.42 Å². The zero-order chi connectivity index (χ0) is 7.56. The van der Waals surface area contributed by atoms with E-state index in [-0.39, 0.29) is 11.5 Å². The summed E-state index contributed by atoms with van der Waals surface area (Å²) in [5.74, 6) is 0.267. The van der Waals surface area contributed by atoms with Crippen LogP contribution in [0.1, 0.15) is 6.42 Å². The average molecular weight is 142 g/mol. The van der Waals surface area contributed by atoms with Crippen LogP contribution in [0.5, 0.6) is 0 Å². The Morgan fingerprint density at radius 1 is 1.70 bits per heavy atom. The number of rotatable bonds is 1. The number of ether oxygens (including phenoxy) is 1. The third-order valence-corrected chi connectivity index (χ3v) is 1.41. The molecule has 3 heteroatoms. The molecule has 0 aromatic rings. The van der Waals surface area contributed by atoms with Gasteiger partial charge in [-0.05, 0) is 12.5 Å². The van der Waals surface area contributed by atoms with Crippen molar-refractivity contribution in [1.29, 1.82) is 0 Å². The lowest BCUT2D eigenvalue weighted by atomic mass is 10.1. The minimum atomic E-state index is -0.685. The molecule has 0 bridgehead atoms. The Kier molecular flexibility index (Phi) is 1.97. The average Bonchev–Trinajstić information content (AvgIpc) is 1.88. The van der Waals surface area contributed by atoms with E-state index >= 15 is 0 Å². The smallest absolute Gasteiger partial charge is 0.166 e.